The highest BCUT2D eigenvalue weighted by Crippen LogP contribution is 2.05. The van der Waals surface area contributed by atoms with Gasteiger partial charge in [0.1, 0.15) is 6.11 Å². The van der Waals surface area contributed by atoms with Crippen LogP contribution < -0.4 is 5.48 Å². The summed E-state index contributed by atoms with van der Waals surface area (Å²) in [6, 6.07) is 8.85. The second-order valence-electron chi connectivity index (χ2n) is 4.03. The van der Waals surface area contributed by atoms with E-state index in [9.17, 15) is 4.79 Å². The van der Waals surface area contributed by atoms with E-state index < -0.39 is 6.10 Å². The Morgan fingerprint density at radius 1 is 1.28 bits per heavy atom. The van der Waals surface area contributed by atoms with Crippen molar-refractivity contribution >= 4 is 5.91 Å². The number of nitrogens with one attached hydrogen (secondary N) is 1. The zero-order valence-electron chi connectivity index (χ0n) is 10.8. The fourth-order valence-corrected chi connectivity index (χ4v) is 1.21. The molecule has 1 rings (SSSR count). The van der Waals surface area contributed by atoms with Gasteiger partial charge in [-0.25, -0.2) is 5.48 Å². The predicted molar refractivity (Wildman–Crippen MR) is 68.4 cm³/mol. The van der Waals surface area contributed by atoms with E-state index in [1.807, 2.05) is 19.9 Å². The summed E-state index contributed by atoms with van der Waals surface area (Å²) in [5, 5.41) is 0. The maximum Gasteiger partial charge on any atom is 0.274 e. The molecule has 1 amide bonds. The number of carbonyl (C=O) groups excluding carboxylic acids is 1. The number of carbonyl (C=O) groups is 1. The molecule has 0 aromatic heterocycles. The fourth-order valence-electron chi connectivity index (χ4n) is 1.21. The second-order valence-corrected chi connectivity index (χ2v) is 4.03. The largest absolute Gasteiger partial charge is 0.450 e. The third kappa shape index (κ3) is 4.48. The number of rotatable bonds is 4. The van der Waals surface area contributed by atoms with Crippen molar-refractivity contribution in [3.8, 4) is 12.0 Å². The van der Waals surface area contributed by atoms with Gasteiger partial charge in [-0.1, -0.05) is 32.0 Å². The highest BCUT2D eigenvalue weighted by Gasteiger charge is 2.13. The Hall–Kier alpha value is -1.99. The van der Waals surface area contributed by atoms with Gasteiger partial charge in [0, 0.05) is 5.56 Å². The Morgan fingerprint density at radius 3 is 2.50 bits per heavy atom. The third-order valence-electron chi connectivity index (χ3n) is 2.22. The van der Waals surface area contributed by atoms with Crippen LogP contribution in [0.5, 0.6) is 0 Å². The van der Waals surface area contributed by atoms with Crippen molar-refractivity contribution in [3.63, 3.8) is 0 Å². The van der Waals surface area contributed by atoms with Crippen molar-refractivity contribution in [2.75, 3.05) is 7.11 Å². The van der Waals surface area contributed by atoms with Crippen molar-refractivity contribution < 1.29 is 14.4 Å². The first-order valence-electron chi connectivity index (χ1n) is 5.69. The number of ether oxygens (including phenoxy) is 1. The Morgan fingerprint density at radius 2 is 1.94 bits per heavy atom. The van der Waals surface area contributed by atoms with Crippen molar-refractivity contribution in [1.82, 2.24) is 5.48 Å². The molecule has 1 atom stereocenters. The van der Waals surface area contributed by atoms with E-state index in [0.717, 1.165) is 0 Å². The zero-order valence-corrected chi connectivity index (χ0v) is 10.8. The van der Waals surface area contributed by atoms with Crippen LogP contribution in [0.4, 0.5) is 0 Å². The second kappa shape index (κ2) is 7.36. The SMILES string of the molecule is COC#CC(ONC(=O)c1ccccc1)C(C)C. The molecule has 1 aromatic carbocycles. The highest BCUT2D eigenvalue weighted by molar-refractivity contribution is 5.93. The summed E-state index contributed by atoms with van der Waals surface area (Å²) in [6.45, 7) is 3.90. The summed E-state index contributed by atoms with van der Waals surface area (Å²) >= 11 is 0. The summed E-state index contributed by atoms with van der Waals surface area (Å²) in [4.78, 5) is 17.0. The average Bonchev–Trinajstić information content (AvgIpc) is 2.39. The molecule has 0 radical (unpaired) electrons. The molecule has 1 aromatic rings. The molecule has 4 heteroatoms. The van der Waals surface area contributed by atoms with Crippen molar-refractivity contribution in [3.05, 3.63) is 35.9 Å². The first-order valence-corrected chi connectivity index (χ1v) is 5.69. The molecule has 0 aliphatic heterocycles. The minimum atomic E-state index is -0.405. The third-order valence-corrected chi connectivity index (χ3v) is 2.22. The monoisotopic (exact) mass is 247 g/mol. The van der Waals surface area contributed by atoms with E-state index in [4.69, 9.17) is 4.84 Å². The van der Waals surface area contributed by atoms with Crippen LogP contribution in [0, 0.1) is 17.9 Å². The molecule has 0 saturated carbocycles. The molecular formula is C14H17NO3. The molecule has 0 heterocycles. The smallest absolute Gasteiger partial charge is 0.274 e. The number of benzene rings is 1. The molecule has 0 spiro atoms. The van der Waals surface area contributed by atoms with Gasteiger partial charge < -0.3 is 4.74 Å². The standard InChI is InChI=1S/C14H17NO3/c1-11(2)13(9-10-17-3)18-15-14(16)12-7-5-4-6-8-12/h4-8,11,13H,1-3H3,(H,15,16). The van der Waals surface area contributed by atoms with E-state index in [1.165, 1.54) is 7.11 Å². The fraction of sp³-hybridized carbons (Fsp3) is 0.357. The molecule has 4 nitrogen and oxygen atoms in total. The highest BCUT2D eigenvalue weighted by atomic mass is 16.7. The van der Waals surface area contributed by atoms with E-state index in [2.05, 4.69) is 22.2 Å². The maximum atomic E-state index is 11.7. The molecular weight excluding hydrogens is 230 g/mol. The average molecular weight is 247 g/mol. The molecule has 0 aliphatic carbocycles. The first-order chi connectivity index (χ1) is 8.65. The Labute approximate surface area is 107 Å². The number of methoxy groups -OCH3 is 1. The van der Waals surface area contributed by atoms with Gasteiger partial charge >= 0.3 is 0 Å². The number of hydrogen-bond donors (Lipinski definition) is 1. The van der Waals surface area contributed by atoms with Crippen molar-refractivity contribution in [1.29, 1.82) is 0 Å². The lowest BCUT2D eigenvalue weighted by molar-refractivity contribution is -0.00915. The zero-order chi connectivity index (χ0) is 13.4. The molecule has 0 aliphatic rings. The van der Waals surface area contributed by atoms with Crippen molar-refractivity contribution in [2.45, 2.75) is 20.0 Å². The normalized spacial score (nSPS) is 11.3. The summed E-state index contributed by atoms with van der Waals surface area (Å²) in [5.74, 6) is 2.62. The van der Waals surface area contributed by atoms with Crippen LogP contribution in [0.25, 0.3) is 0 Å². The molecule has 0 bridgehead atoms. The maximum absolute atomic E-state index is 11.7. The molecule has 0 fully saturated rings. The van der Waals surface area contributed by atoms with Gasteiger partial charge in [-0.15, -0.1) is 0 Å². The molecule has 18 heavy (non-hydrogen) atoms. The van der Waals surface area contributed by atoms with E-state index in [1.54, 1.807) is 24.3 Å². The van der Waals surface area contributed by atoms with Crippen LogP contribution in [0.3, 0.4) is 0 Å². The topological polar surface area (TPSA) is 47.6 Å². The lowest BCUT2D eigenvalue weighted by Crippen LogP contribution is -2.31. The van der Waals surface area contributed by atoms with Gasteiger partial charge in [-0.2, -0.15) is 0 Å². The van der Waals surface area contributed by atoms with Gasteiger partial charge in [0.25, 0.3) is 5.91 Å². The predicted octanol–water partition coefficient (Wildman–Crippen LogP) is 1.98. The summed E-state index contributed by atoms with van der Waals surface area (Å²) in [7, 11) is 1.48. The van der Waals surface area contributed by atoms with Crippen LogP contribution >= 0.6 is 0 Å². The number of hydroxylamine groups is 1. The minimum Gasteiger partial charge on any atom is -0.450 e. The lowest BCUT2D eigenvalue weighted by atomic mass is 10.1. The first kappa shape index (κ1) is 14.1. The Kier molecular flexibility index (Phi) is 5.75. The van der Waals surface area contributed by atoms with E-state index in [0.29, 0.717) is 5.56 Å². The van der Waals surface area contributed by atoms with Gasteiger partial charge in [-0.3, -0.25) is 9.63 Å². The van der Waals surface area contributed by atoms with Crippen LogP contribution in [0.1, 0.15) is 24.2 Å². The molecule has 0 saturated heterocycles. The van der Waals surface area contributed by atoms with Crippen LogP contribution in [-0.4, -0.2) is 19.1 Å². The van der Waals surface area contributed by atoms with Crippen molar-refractivity contribution in [2.24, 2.45) is 5.92 Å². The Bertz CT molecular complexity index is 431. The van der Waals surface area contributed by atoms with E-state index >= 15 is 0 Å². The van der Waals surface area contributed by atoms with Gasteiger partial charge in [-0.05, 0) is 24.0 Å². The summed E-state index contributed by atoms with van der Waals surface area (Å²) < 4.78 is 4.66. The number of hydrogen-bond acceptors (Lipinski definition) is 3. The van der Waals surface area contributed by atoms with Crippen LogP contribution in [0.15, 0.2) is 30.3 Å². The summed E-state index contributed by atoms with van der Waals surface area (Å²) in [5.41, 5.74) is 2.93. The van der Waals surface area contributed by atoms with E-state index in [-0.39, 0.29) is 11.8 Å². The van der Waals surface area contributed by atoms with Gasteiger partial charge in [0.05, 0.1) is 7.11 Å². The Balaban J connectivity index is 2.55. The lowest BCUT2D eigenvalue weighted by Gasteiger charge is -2.15. The summed E-state index contributed by atoms with van der Waals surface area (Å²) in [6.07, 6.45) is 2.06. The molecule has 96 valence electrons. The molecule has 1 N–H and O–H groups in total. The van der Waals surface area contributed by atoms with Gasteiger partial charge in [0.2, 0.25) is 0 Å². The van der Waals surface area contributed by atoms with Crippen LogP contribution in [-0.2, 0) is 9.57 Å². The van der Waals surface area contributed by atoms with Crippen LogP contribution in [0.2, 0.25) is 0 Å². The molecule has 1 unspecified atom stereocenters. The quantitative estimate of drug-likeness (QED) is 0.653. The minimum absolute atomic E-state index is 0.142. The number of amides is 1. The van der Waals surface area contributed by atoms with Gasteiger partial charge in [0.15, 0.2) is 6.10 Å².